The third-order valence-electron chi connectivity index (χ3n) is 2.48. The summed E-state index contributed by atoms with van der Waals surface area (Å²) in [5, 5.41) is 3.58. The zero-order chi connectivity index (χ0) is 13.1. The molecule has 0 amide bonds. The highest BCUT2D eigenvalue weighted by Crippen LogP contribution is 2.24. The van der Waals surface area contributed by atoms with Crippen molar-refractivity contribution < 1.29 is 4.39 Å². The molecule has 0 heterocycles. The summed E-state index contributed by atoms with van der Waals surface area (Å²) < 4.78 is 12.8. The number of nitrogen functional groups attached to an aromatic ring is 1. The van der Waals surface area contributed by atoms with E-state index in [1.54, 1.807) is 24.3 Å². The number of anilines is 2. The molecule has 0 unspecified atom stereocenters. The monoisotopic (exact) mass is 262 g/mol. The Morgan fingerprint density at radius 2 is 1.83 bits per heavy atom. The van der Waals surface area contributed by atoms with Crippen molar-refractivity contribution in [2.24, 2.45) is 0 Å². The van der Waals surface area contributed by atoms with Crippen molar-refractivity contribution in [3.05, 3.63) is 65.4 Å². The maximum atomic E-state index is 12.8. The zero-order valence-corrected chi connectivity index (χ0v) is 10.3. The molecule has 0 atom stereocenters. The molecular formula is C14H12ClFN2. The summed E-state index contributed by atoms with van der Waals surface area (Å²) in [6, 6.07) is 11.3. The molecule has 0 fully saturated rings. The second kappa shape index (κ2) is 5.10. The second-order valence-electron chi connectivity index (χ2n) is 3.85. The van der Waals surface area contributed by atoms with E-state index in [1.165, 1.54) is 12.1 Å². The number of hydrogen-bond acceptors (Lipinski definition) is 2. The van der Waals surface area contributed by atoms with Crippen molar-refractivity contribution in [3.8, 4) is 0 Å². The van der Waals surface area contributed by atoms with Crippen molar-refractivity contribution in [1.82, 2.24) is 0 Å². The summed E-state index contributed by atoms with van der Waals surface area (Å²) in [5.74, 6) is -0.276. The number of rotatable bonds is 3. The van der Waals surface area contributed by atoms with Gasteiger partial charge in [-0.2, -0.15) is 0 Å². The first-order chi connectivity index (χ1) is 8.56. The summed E-state index contributed by atoms with van der Waals surface area (Å²) in [6.45, 7) is 3.91. The van der Waals surface area contributed by atoms with Gasteiger partial charge in [0.1, 0.15) is 5.82 Å². The molecular weight excluding hydrogens is 251 g/mol. The van der Waals surface area contributed by atoms with Gasteiger partial charge < -0.3 is 11.1 Å². The van der Waals surface area contributed by atoms with Crippen molar-refractivity contribution in [2.75, 3.05) is 11.1 Å². The van der Waals surface area contributed by atoms with Crippen LogP contribution in [0.4, 0.5) is 15.8 Å². The lowest BCUT2D eigenvalue weighted by molar-refractivity contribution is 0.628. The Labute approximate surface area is 110 Å². The van der Waals surface area contributed by atoms with E-state index in [9.17, 15) is 4.39 Å². The predicted molar refractivity (Wildman–Crippen MR) is 74.9 cm³/mol. The Balaban J connectivity index is 2.16. The molecule has 2 rings (SSSR count). The lowest BCUT2D eigenvalue weighted by Crippen LogP contribution is -1.98. The van der Waals surface area contributed by atoms with E-state index >= 15 is 0 Å². The molecule has 2 aromatic carbocycles. The normalized spacial score (nSPS) is 10.1. The van der Waals surface area contributed by atoms with Gasteiger partial charge in [0.05, 0.1) is 10.7 Å². The van der Waals surface area contributed by atoms with Gasteiger partial charge in [0.25, 0.3) is 0 Å². The molecule has 0 aliphatic rings. The fraction of sp³-hybridized carbons (Fsp3) is 0. The Kier molecular flexibility index (Phi) is 3.53. The van der Waals surface area contributed by atoms with Crippen LogP contribution in [0.5, 0.6) is 0 Å². The smallest absolute Gasteiger partial charge is 0.123 e. The average molecular weight is 263 g/mol. The largest absolute Gasteiger partial charge is 0.398 e. The maximum Gasteiger partial charge on any atom is 0.123 e. The van der Waals surface area contributed by atoms with Crippen molar-refractivity contribution in [2.45, 2.75) is 0 Å². The van der Waals surface area contributed by atoms with E-state index in [0.717, 1.165) is 11.3 Å². The predicted octanol–water partition coefficient (Wildman–Crippen LogP) is 4.14. The molecule has 92 valence electrons. The van der Waals surface area contributed by atoms with Gasteiger partial charge in [-0.1, -0.05) is 24.2 Å². The van der Waals surface area contributed by atoms with Gasteiger partial charge >= 0.3 is 0 Å². The zero-order valence-electron chi connectivity index (χ0n) is 9.58. The molecule has 3 N–H and O–H groups in total. The quantitative estimate of drug-likeness (QED) is 0.816. The van der Waals surface area contributed by atoms with Crippen molar-refractivity contribution in [3.63, 3.8) is 0 Å². The van der Waals surface area contributed by atoms with Crippen LogP contribution in [0.25, 0.3) is 5.70 Å². The molecule has 0 saturated carbocycles. The molecule has 0 radical (unpaired) electrons. The molecule has 0 aliphatic carbocycles. The van der Waals surface area contributed by atoms with Crippen LogP contribution in [0, 0.1) is 5.82 Å². The number of benzene rings is 2. The standard InChI is InChI=1S/C14H12ClFN2/c1-9(10-2-7-13(15)14(17)8-10)18-12-5-3-11(16)4-6-12/h2-8,18H,1,17H2. The Morgan fingerprint density at radius 1 is 1.17 bits per heavy atom. The minimum absolute atomic E-state index is 0.276. The van der Waals surface area contributed by atoms with Crippen LogP contribution in [-0.2, 0) is 0 Å². The maximum absolute atomic E-state index is 12.8. The van der Waals surface area contributed by atoms with Gasteiger partial charge in [-0.05, 0) is 42.0 Å². The van der Waals surface area contributed by atoms with Crippen LogP contribution in [-0.4, -0.2) is 0 Å². The second-order valence-corrected chi connectivity index (χ2v) is 4.25. The lowest BCUT2D eigenvalue weighted by atomic mass is 10.1. The van der Waals surface area contributed by atoms with Gasteiger partial charge in [-0.25, -0.2) is 4.39 Å². The Bertz CT molecular complexity index is 579. The summed E-state index contributed by atoms with van der Waals surface area (Å²) >= 11 is 5.85. The van der Waals surface area contributed by atoms with Crippen LogP contribution in [0.3, 0.4) is 0 Å². The molecule has 0 bridgehead atoms. The van der Waals surface area contributed by atoms with Gasteiger partial charge in [-0.3, -0.25) is 0 Å². The Hall–Kier alpha value is -2.00. The highest BCUT2D eigenvalue weighted by molar-refractivity contribution is 6.33. The van der Waals surface area contributed by atoms with Crippen LogP contribution < -0.4 is 11.1 Å². The van der Waals surface area contributed by atoms with E-state index in [0.29, 0.717) is 16.4 Å². The Morgan fingerprint density at radius 3 is 2.44 bits per heavy atom. The first-order valence-electron chi connectivity index (χ1n) is 5.33. The summed E-state index contributed by atoms with van der Waals surface area (Å²) in [5.41, 5.74) is 8.48. The fourth-order valence-corrected chi connectivity index (χ4v) is 1.63. The molecule has 0 aromatic heterocycles. The van der Waals surface area contributed by atoms with E-state index in [-0.39, 0.29) is 5.82 Å². The fourth-order valence-electron chi connectivity index (χ4n) is 1.51. The van der Waals surface area contributed by atoms with Crippen molar-refractivity contribution >= 4 is 28.7 Å². The topological polar surface area (TPSA) is 38.0 Å². The highest BCUT2D eigenvalue weighted by Gasteiger charge is 2.03. The summed E-state index contributed by atoms with van der Waals surface area (Å²) in [6.07, 6.45) is 0. The first kappa shape index (κ1) is 12.5. The number of nitrogens with two attached hydrogens (primary N) is 1. The van der Waals surface area contributed by atoms with E-state index in [1.807, 2.05) is 6.07 Å². The number of hydrogen-bond donors (Lipinski definition) is 2. The van der Waals surface area contributed by atoms with Crippen LogP contribution >= 0.6 is 11.6 Å². The van der Waals surface area contributed by atoms with Crippen LogP contribution in [0.15, 0.2) is 49.0 Å². The molecule has 0 aliphatic heterocycles. The number of nitrogens with one attached hydrogen (secondary N) is 1. The van der Waals surface area contributed by atoms with Gasteiger partial charge in [0, 0.05) is 11.4 Å². The SMILES string of the molecule is C=C(Nc1ccc(F)cc1)c1ccc(Cl)c(N)c1. The van der Waals surface area contributed by atoms with Crippen LogP contribution in [0.2, 0.25) is 5.02 Å². The first-order valence-corrected chi connectivity index (χ1v) is 5.71. The van der Waals surface area contributed by atoms with Gasteiger partial charge in [-0.15, -0.1) is 0 Å². The van der Waals surface area contributed by atoms with Crippen LogP contribution in [0.1, 0.15) is 5.56 Å². The number of halogens is 2. The molecule has 0 spiro atoms. The highest BCUT2D eigenvalue weighted by atomic mass is 35.5. The summed E-state index contributed by atoms with van der Waals surface area (Å²) in [7, 11) is 0. The molecule has 2 nitrogen and oxygen atoms in total. The minimum Gasteiger partial charge on any atom is -0.398 e. The molecule has 4 heteroatoms. The van der Waals surface area contributed by atoms with E-state index in [2.05, 4.69) is 11.9 Å². The third-order valence-corrected chi connectivity index (χ3v) is 2.83. The molecule has 2 aromatic rings. The van der Waals surface area contributed by atoms with Crippen molar-refractivity contribution in [1.29, 1.82) is 0 Å². The third kappa shape index (κ3) is 2.81. The van der Waals surface area contributed by atoms with Gasteiger partial charge in [0.15, 0.2) is 0 Å². The molecule has 0 saturated heterocycles. The average Bonchev–Trinajstić information content (AvgIpc) is 2.35. The van der Waals surface area contributed by atoms with E-state index in [4.69, 9.17) is 17.3 Å². The molecule has 18 heavy (non-hydrogen) atoms. The van der Waals surface area contributed by atoms with Gasteiger partial charge in [0.2, 0.25) is 0 Å². The lowest BCUT2D eigenvalue weighted by Gasteiger charge is -2.10. The summed E-state index contributed by atoms with van der Waals surface area (Å²) in [4.78, 5) is 0. The van der Waals surface area contributed by atoms with E-state index < -0.39 is 0 Å². The minimum atomic E-state index is -0.276.